The second-order valence-electron chi connectivity index (χ2n) is 5.92. The van der Waals surface area contributed by atoms with E-state index in [0.717, 1.165) is 12.1 Å². The van der Waals surface area contributed by atoms with Gasteiger partial charge in [0.15, 0.2) is 11.4 Å². The molecule has 3 aromatic heterocycles. The van der Waals surface area contributed by atoms with Gasteiger partial charge in [0.25, 0.3) is 12.0 Å². The van der Waals surface area contributed by atoms with Gasteiger partial charge in [-0.1, -0.05) is 11.6 Å². The van der Waals surface area contributed by atoms with Crippen LogP contribution in [-0.4, -0.2) is 29.7 Å². The Morgan fingerprint density at radius 3 is 2.62 bits per heavy atom. The zero-order valence-electron chi connectivity index (χ0n) is 14.4. The van der Waals surface area contributed by atoms with Gasteiger partial charge >= 0.3 is 6.18 Å². The number of halogens is 5. The van der Waals surface area contributed by atoms with Crippen molar-refractivity contribution in [2.24, 2.45) is 0 Å². The van der Waals surface area contributed by atoms with Crippen LogP contribution >= 0.6 is 27.5 Å². The van der Waals surface area contributed by atoms with Crippen LogP contribution in [0.4, 0.5) is 19.2 Å². The molecule has 13 heteroatoms. The molecule has 4 rings (SSSR count). The Balaban J connectivity index is 1.63. The van der Waals surface area contributed by atoms with Gasteiger partial charge in [-0.05, 0) is 35.0 Å². The fraction of sp³-hybridized carbons (Fsp3) is 0.188. The SMILES string of the molecule is C[C@H](Nc1nc2cc(C(F)(F)F)cc(Cl)c2o1)c1ncnn1-c1ncc(Br)cn1. The molecule has 0 aliphatic heterocycles. The minimum atomic E-state index is -4.54. The van der Waals surface area contributed by atoms with Crippen LogP contribution in [0.25, 0.3) is 17.0 Å². The first-order valence-corrected chi connectivity index (χ1v) is 9.21. The first-order chi connectivity index (χ1) is 13.7. The normalized spacial score (nSPS) is 13.0. The third kappa shape index (κ3) is 3.90. The van der Waals surface area contributed by atoms with Gasteiger partial charge in [-0.15, -0.1) is 0 Å². The first-order valence-electron chi connectivity index (χ1n) is 8.04. The van der Waals surface area contributed by atoms with E-state index in [2.05, 4.69) is 46.3 Å². The first kappa shape index (κ1) is 19.6. The molecule has 0 amide bonds. The molecule has 0 bridgehead atoms. The molecule has 29 heavy (non-hydrogen) atoms. The molecule has 0 unspecified atom stereocenters. The van der Waals surface area contributed by atoms with Crippen molar-refractivity contribution in [3.8, 4) is 5.95 Å². The fourth-order valence-electron chi connectivity index (χ4n) is 2.58. The van der Waals surface area contributed by atoms with E-state index in [9.17, 15) is 13.2 Å². The molecule has 8 nitrogen and oxygen atoms in total. The zero-order valence-corrected chi connectivity index (χ0v) is 16.8. The molecule has 0 saturated carbocycles. The van der Waals surface area contributed by atoms with Crippen molar-refractivity contribution >= 4 is 44.6 Å². The molecule has 0 saturated heterocycles. The highest BCUT2D eigenvalue weighted by Crippen LogP contribution is 2.36. The number of aromatic nitrogens is 6. The second-order valence-corrected chi connectivity index (χ2v) is 7.24. The number of oxazole rings is 1. The van der Waals surface area contributed by atoms with Crippen LogP contribution in [0.1, 0.15) is 24.4 Å². The third-order valence-corrected chi connectivity index (χ3v) is 4.56. The summed E-state index contributed by atoms with van der Waals surface area (Å²) in [4.78, 5) is 16.6. The second kappa shape index (κ2) is 7.26. The lowest BCUT2D eigenvalue weighted by Crippen LogP contribution is -2.15. The van der Waals surface area contributed by atoms with Crippen LogP contribution < -0.4 is 5.32 Å². The summed E-state index contributed by atoms with van der Waals surface area (Å²) in [5.41, 5.74) is -0.876. The monoisotopic (exact) mass is 487 g/mol. The Kier molecular flexibility index (Phi) is 4.90. The van der Waals surface area contributed by atoms with E-state index in [4.69, 9.17) is 16.0 Å². The fourth-order valence-corrected chi connectivity index (χ4v) is 3.04. The molecule has 0 radical (unpaired) electrons. The smallest absolute Gasteiger partial charge is 0.416 e. The molecular formula is C16H10BrClF3N7O. The summed E-state index contributed by atoms with van der Waals surface area (Å²) in [6, 6.07) is 1.17. The number of nitrogens with one attached hydrogen (secondary N) is 1. The summed E-state index contributed by atoms with van der Waals surface area (Å²) in [5.74, 6) is 0.737. The molecule has 1 atom stereocenters. The van der Waals surface area contributed by atoms with Crippen molar-refractivity contribution in [1.29, 1.82) is 0 Å². The summed E-state index contributed by atoms with van der Waals surface area (Å²) in [7, 11) is 0. The molecule has 0 aliphatic carbocycles. The van der Waals surface area contributed by atoms with Crippen LogP contribution in [0.15, 0.2) is 39.7 Å². The van der Waals surface area contributed by atoms with Crippen LogP contribution in [0.5, 0.6) is 0 Å². The molecule has 1 aromatic carbocycles. The number of rotatable bonds is 4. The average molecular weight is 489 g/mol. The highest BCUT2D eigenvalue weighted by molar-refractivity contribution is 9.10. The standard InChI is InChI=1S/C16H10BrClF3N7O/c1-7(13-24-6-25-28(13)14-22-4-9(17)5-23-14)26-15-27-11-3-8(16(19,20)21)2-10(18)12(11)29-15/h2-7H,1H3,(H,26,27)/t7-/m0/s1. The van der Waals surface area contributed by atoms with Crippen molar-refractivity contribution in [1.82, 2.24) is 29.7 Å². The Morgan fingerprint density at radius 1 is 1.21 bits per heavy atom. The van der Waals surface area contributed by atoms with Crippen molar-refractivity contribution in [2.45, 2.75) is 19.1 Å². The molecular weight excluding hydrogens is 479 g/mol. The Hall–Kier alpha value is -2.73. The van der Waals surface area contributed by atoms with Gasteiger partial charge in [0, 0.05) is 12.4 Å². The van der Waals surface area contributed by atoms with Crippen LogP contribution in [-0.2, 0) is 6.18 Å². The molecule has 0 fully saturated rings. The van der Waals surface area contributed by atoms with Crippen LogP contribution in [0, 0.1) is 0 Å². The Labute approximate surface area is 174 Å². The van der Waals surface area contributed by atoms with E-state index in [0.29, 0.717) is 16.2 Å². The third-order valence-electron chi connectivity index (χ3n) is 3.87. The number of alkyl halides is 3. The number of hydrogen-bond donors (Lipinski definition) is 1. The van der Waals surface area contributed by atoms with Crippen LogP contribution in [0.2, 0.25) is 5.02 Å². The van der Waals surface area contributed by atoms with E-state index in [1.54, 1.807) is 19.3 Å². The lowest BCUT2D eigenvalue weighted by Gasteiger charge is -2.12. The maximum absolute atomic E-state index is 13.0. The molecule has 4 aromatic rings. The lowest BCUT2D eigenvalue weighted by atomic mass is 10.2. The van der Waals surface area contributed by atoms with Gasteiger partial charge in [0.2, 0.25) is 0 Å². The summed E-state index contributed by atoms with van der Waals surface area (Å²) < 4.78 is 46.5. The van der Waals surface area contributed by atoms with Gasteiger partial charge in [-0.25, -0.2) is 15.0 Å². The van der Waals surface area contributed by atoms with E-state index in [1.165, 1.54) is 11.0 Å². The summed E-state index contributed by atoms with van der Waals surface area (Å²) >= 11 is 9.18. The molecule has 0 spiro atoms. The summed E-state index contributed by atoms with van der Waals surface area (Å²) in [6.07, 6.45) is -0.0872. The number of hydrogen-bond acceptors (Lipinski definition) is 7. The van der Waals surface area contributed by atoms with Gasteiger partial charge in [-0.3, -0.25) is 0 Å². The molecule has 3 heterocycles. The molecule has 0 aliphatic rings. The maximum Gasteiger partial charge on any atom is 0.416 e. The predicted octanol–water partition coefficient (Wildman–Crippen LogP) is 4.81. The highest BCUT2D eigenvalue weighted by Gasteiger charge is 2.32. The minimum Gasteiger partial charge on any atom is -0.422 e. The van der Waals surface area contributed by atoms with E-state index in [1.807, 2.05) is 0 Å². The topological polar surface area (TPSA) is 94.6 Å². The van der Waals surface area contributed by atoms with E-state index >= 15 is 0 Å². The maximum atomic E-state index is 13.0. The predicted molar refractivity (Wildman–Crippen MR) is 101 cm³/mol. The quantitative estimate of drug-likeness (QED) is 0.441. The van der Waals surface area contributed by atoms with Crippen molar-refractivity contribution in [3.05, 3.63) is 51.7 Å². The number of fused-ring (bicyclic) bond motifs is 1. The largest absolute Gasteiger partial charge is 0.422 e. The molecule has 150 valence electrons. The van der Waals surface area contributed by atoms with Crippen LogP contribution in [0.3, 0.4) is 0 Å². The van der Waals surface area contributed by atoms with Gasteiger partial charge < -0.3 is 9.73 Å². The number of anilines is 1. The minimum absolute atomic E-state index is 0.0139. The Bertz CT molecular complexity index is 1180. The summed E-state index contributed by atoms with van der Waals surface area (Å²) in [5, 5.41) is 6.85. The zero-order chi connectivity index (χ0) is 20.8. The highest BCUT2D eigenvalue weighted by atomic mass is 79.9. The van der Waals surface area contributed by atoms with Crippen molar-refractivity contribution in [2.75, 3.05) is 5.32 Å². The van der Waals surface area contributed by atoms with Gasteiger partial charge in [-0.2, -0.15) is 27.9 Å². The lowest BCUT2D eigenvalue weighted by molar-refractivity contribution is -0.137. The number of benzene rings is 1. The average Bonchev–Trinajstić information content (AvgIpc) is 3.28. The van der Waals surface area contributed by atoms with Gasteiger partial charge in [0.1, 0.15) is 11.8 Å². The molecule has 1 N–H and O–H groups in total. The van der Waals surface area contributed by atoms with E-state index < -0.39 is 17.8 Å². The van der Waals surface area contributed by atoms with Crippen molar-refractivity contribution in [3.63, 3.8) is 0 Å². The van der Waals surface area contributed by atoms with Crippen molar-refractivity contribution < 1.29 is 17.6 Å². The number of nitrogens with zero attached hydrogens (tertiary/aromatic N) is 6. The summed E-state index contributed by atoms with van der Waals surface area (Å²) in [6.45, 7) is 1.75. The van der Waals surface area contributed by atoms with E-state index in [-0.39, 0.29) is 22.1 Å². The Morgan fingerprint density at radius 2 is 1.93 bits per heavy atom. The van der Waals surface area contributed by atoms with Gasteiger partial charge in [0.05, 0.1) is 21.1 Å².